The normalized spacial score (nSPS) is 25.1. The molecule has 0 amide bonds. The highest BCUT2D eigenvalue weighted by Gasteiger charge is 2.37. The van der Waals surface area contributed by atoms with Crippen LogP contribution in [-0.4, -0.2) is 26.1 Å². The molecule has 0 aliphatic carbocycles. The van der Waals surface area contributed by atoms with Crippen LogP contribution in [0.15, 0.2) is 24.3 Å². The van der Waals surface area contributed by atoms with E-state index < -0.39 is 15.2 Å². The zero-order valence-corrected chi connectivity index (χ0v) is 11.1. The Morgan fingerprint density at radius 1 is 1.41 bits per heavy atom. The SMILES string of the molecule is CCS(=O)(=O)C1NNCC1c1ccccc1Cl. The molecule has 0 aromatic heterocycles. The molecule has 94 valence electrons. The van der Waals surface area contributed by atoms with Crippen molar-refractivity contribution in [3.05, 3.63) is 34.9 Å². The standard InChI is InChI=1S/C11H15ClN2O2S/c1-2-17(15,16)11-9(7-13-14-11)8-5-3-4-6-10(8)12/h3-6,9,11,13-14H,2,7H2,1H3. The lowest BCUT2D eigenvalue weighted by molar-refractivity contribution is 0.554. The van der Waals surface area contributed by atoms with E-state index in [9.17, 15) is 8.42 Å². The maximum Gasteiger partial charge on any atom is 0.167 e. The molecule has 2 atom stereocenters. The van der Waals surface area contributed by atoms with Crippen LogP contribution < -0.4 is 10.9 Å². The number of hydrazine groups is 1. The average Bonchev–Trinajstić information content (AvgIpc) is 2.79. The molecule has 2 unspecified atom stereocenters. The molecular weight excluding hydrogens is 260 g/mol. The second kappa shape index (κ2) is 4.94. The Kier molecular flexibility index (Phi) is 3.73. The third-order valence-electron chi connectivity index (χ3n) is 3.03. The van der Waals surface area contributed by atoms with E-state index >= 15 is 0 Å². The molecule has 0 spiro atoms. The smallest absolute Gasteiger partial charge is 0.167 e. The number of nitrogens with one attached hydrogen (secondary N) is 2. The van der Waals surface area contributed by atoms with Crippen LogP contribution in [0.2, 0.25) is 5.02 Å². The van der Waals surface area contributed by atoms with Crippen LogP contribution in [0, 0.1) is 0 Å². The van der Waals surface area contributed by atoms with E-state index in [1.807, 2.05) is 18.2 Å². The zero-order chi connectivity index (χ0) is 12.5. The highest BCUT2D eigenvalue weighted by atomic mass is 35.5. The van der Waals surface area contributed by atoms with Crippen molar-refractivity contribution in [2.24, 2.45) is 0 Å². The summed E-state index contributed by atoms with van der Waals surface area (Å²) in [7, 11) is -3.14. The monoisotopic (exact) mass is 274 g/mol. The Morgan fingerprint density at radius 3 is 2.76 bits per heavy atom. The van der Waals surface area contributed by atoms with E-state index in [-0.39, 0.29) is 11.7 Å². The third-order valence-corrected chi connectivity index (χ3v) is 5.39. The van der Waals surface area contributed by atoms with Gasteiger partial charge in [0.05, 0.1) is 0 Å². The molecule has 1 aromatic rings. The summed E-state index contributed by atoms with van der Waals surface area (Å²) in [6, 6.07) is 7.37. The van der Waals surface area contributed by atoms with Gasteiger partial charge in [-0.2, -0.15) is 0 Å². The largest absolute Gasteiger partial charge is 0.256 e. The Morgan fingerprint density at radius 2 is 2.12 bits per heavy atom. The van der Waals surface area contributed by atoms with Gasteiger partial charge in [-0.3, -0.25) is 5.43 Å². The number of benzene rings is 1. The molecule has 2 rings (SSSR count). The van der Waals surface area contributed by atoms with Crippen LogP contribution in [0.4, 0.5) is 0 Å². The lowest BCUT2D eigenvalue weighted by atomic mass is 10.0. The fourth-order valence-electron chi connectivity index (χ4n) is 2.05. The van der Waals surface area contributed by atoms with Gasteiger partial charge >= 0.3 is 0 Å². The van der Waals surface area contributed by atoms with Crippen molar-refractivity contribution in [3.8, 4) is 0 Å². The highest BCUT2D eigenvalue weighted by Crippen LogP contribution is 2.30. The van der Waals surface area contributed by atoms with Crippen LogP contribution in [-0.2, 0) is 9.84 Å². The molecule has 0 radical (unpaired) electrons. The van der Waals surface area contributed by atoms with Crippen molar-refractivity contribution in [1.82, 2.24) is 10.9 Å². The van der Waals surface area contributed by atoms with Gasteiger partial charge in [-0.25, -0.2) is 13.8 Å². The van der Waals surface area contributed by atoms with Crippen LogP contribution in [0.1, 0.15) is 18.4 Å². The van der Waals surface area contributed by atoms with Gasteiger partial charge in [0, 0.05) is 23.2 Å². The van der Waals surface area contributed by atoms with Crippen molar-refractivity contribution >= 4 is 21.4 Å². The first-order valence-electron chi connectivity index (χ1n) is 5.50. The van der Waals surface area contributed by atoms with E-state index in [4.69, 9.17) is 11.6 Å². The van der Waals surface area contributed by atoms with Crippen molar-refractivity contribution in [2.45, 2.75) is 18.2 Å². The van der Waals surface area contributed by atoms with Crippen LogP contribution in [0.3, 0.4) is 0 Å². The van der Waals surface area contributed by atoms with Crippen molar-refractivity contribution in [1.29, 1.82) is 0 Å². The number of hydrogen-bond acceptors (Lipinski definition) is 4. The second-order valence-electron chi connectivity index (χ2n) is 4.03. The number of hydrogen-bond donors (Lipinski definition) is 2. The van der Waals surface area contributed by atoms with Gasteiger partial charge in [-0.1, -0.05) is 36.7 Å². The molecule has 0 saturated carbocycles. The first-order chi connectivity index (χ1) is 8.06. The lowest BCUT2D eigenvalue weighted by Crippen LogP contribution is -2.39. The molecule has 1 saturated heterocycles. The summed E-state index contributed by atoms with van der Waals surface area (Å²) in [6.45, 7) is 2.21. The summed E-state index contributed by atoms with van der Waals surface area (Å²) in [4.78, 5) is 0. The van der Waals surface area contributed by atoms with E-state index in [0.29, 0.717) is 11.6 Å². The van der Waals surface area contributed by atoms with Gasteiger partial charge < -0.3 is 0 Å². The minimum atomic E-state index is -3.14. The first kappa shape index (κ1) is 12.8. The molecule has 1 fully saturated rings. The Hall–Kier alpha value is -0.620. The van der Waals surface area contributed by atoms with Gasteiger partial charge in [-0.05, 0) is 11.6 Å². The Balaban J connectivity index is 2.36. The van der Waals surface area contributed by atoms with Crippen molar-refractivity contribution in [2.75, 3.05) is 12.3 Å². The van der Waals surface area contributed by atoms with Gasteiger partial charge in [0.25, 0.3) is 0 Å². The van der Waals surface area contributed by atoms with E-state index in [1.165, 1.54) is 0 Å². The molecular formula is C11H15ClN2O2S. The maximum atomic E-state index is 12.0. The lowest BCUT2D eigenvalue weighted by Gasteiger charge is -2.19. The molecule has 0 bridgehead atoms. The van der Waals surface area contributed by atoms with E-state index in [1.54, 1.807) is 13.0 Å². The number of halogens is 1. The molecule has 17 heavy (non-hydrogen) atoms. The minimum absolute atomic E-state index is 0.118. The topological polar surface area (TPSA) is 58.2 Å². The fourth-order valence-corrected chi connectivity index (χ4v) is 3.69. The molecule has 1 heterocycles. The number of sulfone groups is 1. The predicted octanol–water partition coefficient (Wildman–Crippen LogP) is 1.29. The molecule has 4 nitrogen and oxygen atoms in total. The van der Waals surface area contributed by atoms with Gasteiger partial charge in [0.2, 0.25) is 0 Å². The van der Waals surface area contributed by atoms with E-state index in [2.05, 4.69) is 10.9 Å². The average molecular weight is 275 g/mol. The second-order valence-corrected chi connectivity index (χ2v) is 6.84. The third kappa shape index (κ3) is 2.47. The van der Waals surface area contributed by atoms with Crippen molar-refractivity contribution < 1.29 is 8.42 Å². The molecule has 1 aliphatic heterocycles. The molecule has 1 aliphatic rings. The summed E-state index contributed by atoms with van der Waals surface area (Å²) >= 11 is 6.11. The van der Waals surface area contributed by atoms with Gasteiger partial charge in [0.1, 0.15) is 5.37 Å². The quantitative estimate of drug-likeness (QED) is 0.872. The summed E-state index contributed by atoms with van der Waals surface area (Å²) in [5.41, 5.74) is 6.60. The molecule has 6 heteroatoms. The summed E-state index contributed by atoms with van der Waals surface area (Å²) < 4.78 is 23.9. The van der Waals surface area contributed by atoms with Crippen molar-refractivity contribution in [3.63, 3.8) is 0 Å². The van der Waals surface area contributed by atoms with Crippen LogP contribution in [0.5, 0.6) is 0 Å². The highest BCUT2D eigenvalue weighted by molar-refractivity contribution is 7.92. The minimum Gasteiger partial charge on any atom is -0.256 e. The summed E-state index contributed by atoms with van der Waals surface area (Å²) in [5, 5.41) is 0.00621. The van der Waals surface area contributed by atoms with Crippen LogP contribution >= 0.6 is 11.6 Å². The van der Waals surface area contributed by atoms with Gasteiger partial charge in [-0.15, -0.1) is 0 Å². The van der Waals surface area contributed by atoms with Gasteiger partial charge in [0.15, 0.2) is 9.84 Å². The Labute approximate surface area is 106 Å². The Bertz CT molecular complexity index is 504. The summed E-state index contributed by atoms with van der Waals surface area (Å²) in [5.74, 6) is -0.0264. The summed E-state index contributed by atoms with van der Waals surface area (Å²) in [6.07, 6.45) is 0. The zero-order valence-electron chi connectivity index (χ0n) is 9.48. The maximum absolute atomic E-state index is 12.0. The van der Waals surface area contributed by atoms with E-state index in [0.717, 1.165) is 5.56 Å². The fraction of sp³-hybridized carbons (Fsp3) is 0.455. The molecule has 1 aromatic carbocycles. The predicted molar refractivity (Wildman–Crippen MR) is 68.6 cm³/mol. The first-order valence-corrected chi connectivity index (χ1v) is 7.60. The van der Waals surface area contributed by atoms with Crippen LogP contribution in [0.25, 0.3) is 0 Å². The number of rotatable bonds is 3. The molecule has 2 N–H and O–H groups in total.